The summed E-state index contributed by atoms with van der Waals surface area (Å²) >= 11 is 0. The second-order valence-corrected chi connectivity index (χ2v) is 3.50. The minimum Gasteiger partial charge on any atom is -0.376 e. The first-order valence-corrected chi connectivity index (χ1v) is 4.82. The molecule has 2 aromatic heterocycles. The lowest BCUT2D eigenvalue weighted by atomic mass is 10.1. The molecule has 2 heterocycles. The number of anilines is 1. The van der Waals surface area contributed by atoms with Crippen LogP contribution in [0, 0.1) is 0 Å². The summed E-state index contributed by atoms with van der Waals surface area (Å²) in [4.78, 5) is 10.5. The summed E-state index contributed by atoms with van der Waals surface area (Å²) in [5, 5.41) is 0. The summed E-state index contributed by atoms with van der Waals surface area (Å²) in [6.07, 6.45) is 5.37. The molecule has 0 aliphatic carbocycles. The van der Waals surface area contributed by atoms with Gasteiger partial charge in [0.15, 0.2) is 0 Å². The Balaban J connectivity index is 2.53. The third-order valence-electron chi connectivity index (χ3n) is 2.22. The topological polar surface area (TPSA) is 29.0 Å². The van der Waals surface area contributed by atoms with Crippen molar-refractivity contribution in [3.63, 3.8) is 0 Å². The Morgan fingerprint density at radius 3 is 2.40 bits per heavy atom. The smallest absolute Gasteiger partial charge is 0.0936 e. The van der Waals surface area contributed by atoms with Crippen LogP contribution >= 0.6 is 0 Å². The highest BCUT2D eigenvalue weighted by Gasteiger charge is 2.06. The molecule has 0 N–H and O–H groups in total. The molecule has 0 radical (unpaired) electrons. The van der Waals surface area contributed by atoms with Crippen molar-refractivity contribution in [3.8, 4) is 11.3 Å². The number of hydrogen-bond acceptors (Lipinski definition) is 3. The Labute approximate surface area is 89.4 Å². The predicted octanol–water partition coefficient (Wildman–Crippen LogP) is 2.21. The van der Waals surface area contributed by atoms with Gasteiger partial charge in [0.05, 0.1) is 11.4 Å². The maximum Gasteiger partial charge on any atom is 0.0936 e. The van der Waals surface area contributed by atoms with Crippen LogP contribution < -0.4 is 4.90 Å². The van der Waals surface area contributed by atoms with E-state index in [-0.39, 0.29) is 0 Å². The largest absolute Gasteiger partial charge is 0.376 e. The average Bonchev–Trinajstić information content (AvgIpc) is 2.30. The van der Waals surface area contributed by atoms with Gasteiger partial charge in [0.2, 0.25) is 0 Å². The average molecular weight is 199 g/mol. The fraction of sp³-hybridized carbons (Fsp3) is 0.167. The third-order valence-corrected chi connectivity index (χ3v) is 2.22. The van der Waals surface area contributed by atoms with Crippen LogP contribution in [0.3, 0.4) is 0 Å². The minimum absolute atomic E-state index is 0.991. The molecular formula is C12H13N3. The Kier molecular flexibility index (Phi) is 2.63. The molecule has 0 aliphatic heterocycles. The van der Waals surface area contributed by atoms with Gasteiger partial charge in [0.1, 0.15) is 0 Å². The van der Waals surface area contributed by atoms with E-state index in [1.807, 2.05) is 38.5 Å². The quantitative estimate of drug-likeness (QED) is 0.742. The van der Waals surface area contributed by atoms with Crippen molar-refractivity contribution in [3.05, 3.63) is 42.9 Å². The lowest BCUT2D eigenvalue weighted by Gasteiger charge is -2.16. The molecule has 0 saturated heterocycles. The van der Waals surface area contributed by atoms with Gasteiger partial charge in [0.25, 0.3) is 0 Å². The van der Waals surface area contributed by atoms with Gasteiger partial charge in [-0.3, -0.25) is 9.97 Å². The van der Waals surface area contributed by atoms with Gasteiger partial charge < -0.3 is 4.90 Å². The van der Waals surface area contributed by atoms with Crippen molar-refractivity contribution < 1.29 is 0 Å². The van der Waals surface area contributed by atoms with Crippen molar-refractivity contribution in [2.24, 2.45) is 0 Å². The molecule has 0 fully saturated rings. The van der Waals surface area contributed by atoms with Crippen molar-refractivity contribution >= 4 is 5.69 Å². The van der Waals surface area contributed by atoms with E-state index in [9.17, 15) is 0 Å². The van der Waals surface area contributed by atoms with Crippen molar-refractivity contribution in [2.45, 2.75) is 0 Å². The van der Waals surface area contributed by atoms with E-state index in [1.165, 1.54) is 0 Å². The normalized spacial score (nSPS) is 10.0. The van der Waals surface area contributed by atoms with Crippen LogP contribution in [0.2, 0.25) is 0 Å². The third kappa shape index (κ3) is 1.96. The first-order valence-electron chi connectivity index (χ1n) is 4.82. The molecule has 15 heavy (non-hydrogen) atoms. The summed E-state index contributed by atoms with van der Waals surface area (Å²) in [6, 6.07) is 7.94. The lowest BCUT2D eigenvalue weighted by Crippen LogP contribution is -2.10. The van der Waals surface area contributed by atoms with E-state index in [4.69, 9.17) is 0 Å². The number of hydrogen-bond donors (Lipinski definition) is 0. The monoisotopic (exact) mass is 199 g/mol. The van der Waals surface area contributed by atoms with Gasteiger partial charge in [-0.1, -0.05) is 0 Å². The molecule has 0 amide bonds. The maximum absolute atomic E-state index is 4.40. The number of rotatable bonds is 2. The highest BCUT2D eigenvalue weighted by atomic mass is 15.1. The Bertz CT molecular complexity index is 438. The van der Waals surface area contributed by atoms with E-state index in [0.717, 1.165) is 16.9 Å². The summed E-state index contributed by atoms with van der Waals surface area (Å²) in [7, 11) is 4.03. The van der Waals surface area contributed by atoms with E-state index < -0.39 is 0 Å². The molecule has 76 valence electrons. The zero-order valence-corrected chi connectivity index (χ0v) is 8.88. The molecule has 2 rings (SSSR count). The highest BCUT2D eigenvalue weighted by molar-refractivity contribution is 5.74. The Hall–Kier alpha value is -1.90. The van der Waals surface area contributed by atoms with Crippen molar-refractivity contribution in [2.75, 3.05) is 19.0 Å². The Morgan fingerprint density at radius 2 is 1.73 bits per heavy atom. The van der Waals surface area contributed by atoms with Gasteiger partial charge in [-0.2, -0.15) is 0 Å². The van der Waals surface area contributed by atoms with E-state index in [0.29, 0.717) is 0 Å². The zero-order valence-electron chi connectivity index (χ0n) is 8.88. The van der Waals surface area contributed by atoms with Crippen LogP contribution in [-0.4, -0.2) is 24.1 Å². The van der Waals surface area contributed by atoms with Crippen LogP contribution in [0.4, 0.5) is 5.69 Å². The standard InChI is InChI=1S/C12H13N3/c1-15(2)11-4-3-7-14-12(11)10-5-8-13-9-6-10/h3-9H,1-2H3. The minimum atomic E-state index is 0.991. The molecule has 0 saturated carbocycles. The summed E-state index contributed by atoms with van der Waals surface area (Å²) in [6.45, 7) is 0. The first kappa shape index (κ1) is 9.65. The molecule has 0 spiro atoms. The van der Waals surface area contributed by atoms with Crippen LogP contribution in [0.5, 0.6) is 0 Å². The fourth-order valence-electron chi connectivity index (χ4n) is 1.49. The van der Waals surface area contributed by atoms with Crippen LogP contribution in [0.1, 0.15) is 0 Å². The molecule has 0 aromatic carbocycles. The number of pyridine rings is 2. The van der Waals surface area contributed by atoms with Crippen LogP contribution in [0.25, 0.3) is 11.3 Å². The second-order valence-electron chi connectivity index (χ2n) is 3.50. The second kappa shape index (κ2) is 4.09. The molecule has 3 heteroatoms. The predicted molar refractivity (Wildman–Crippen MR) is 61.8 cm³/mol. The number of aromatic nitrogens is 2. The molecule has 0 unspecified atom stereocenters. The molecule has 0 atom stereocenters. The van der Waals surface area contributed by atoms with E-state index in [2.05, 4.69) is 20.9 Å². The summed E-state index contributed by atoms with van der Waals surface area (Å²) < 4.78 is 0. The van der Waals surface area contributed by atoms with Crippen molar-refractivity contribution in [1.82, 2.24) is 9.97 Å². The van der Waals surface area contributed by atoms with Gasteiger partial charge in [0, 0.05) is 38.2 Å². The molecule has 0 bridgehead atoms. The van der Waals surface area contributed by atoms with Crippen LogP contribution in [-0.2, 0) is 0 Å². The molecule has 0 aliphatic rings. The van der Waals surface area contributed by atoms with Gasteiger partial charge in [-0.05, 0) is 24.3 Å². The molecule has 3 nitrogen and oxygen atoms in total. The highest BCUT2D eigenvalue weighted by Crippen LogP contribution is 2.26. The Morgan fingerprint density at radius 1 is 1.00 bits per heavy atom. The van der Waals surface area contributed by atoms with Crippen LogP contribution in [0.15, 0.2) is 42.9 Å². The van der Waals surface area contributed by atoms with Gasteiger partial charge in [-0.15, -0.1) is 0 Å². The SMILES string of the molecule is CN(C)c1cccnc1-c1ccncc1. The molecule has 2 aromatic rings. The van der Waals surface area contributed by atoms with Gasteiger partial charge >= 0.3 is 0 Å². The number of nitrogens with zero attached hydrogens (tertiary/aromatic N) is 3. The van der Waals surface area contributed by atoms with Gasteiger partial charge in [-0.25, -0.2) is 0 Å². The zero-order chi connectivity index (χ0) is 10.7. The maximum atomic E-state index is 4.40. The first-order chi connectivity index (χ1) is 7.29. The van der Waals surface area contributed by atoms with E-state index in [1.54, 1.807) is 12.4 Å². The molecular weight excluding hydrogens is 186 g/mol. The van der Waals surface area contributed by atoms with Crippen molar-refractivity contribution in [1.29, 1.82) is 0 Å². The fourth-order valence-corrected chi connectivity index (χ4v) is 1.49. The van der Waals surface area contributed by atoms with E-state index >= 15 is 0 Å². The lowest BCUT2D eigenvalue weighted by molar-refractivity contribution is 1.11. The summed E-state index contributed by atoms with van der Waals surface area (Å²) in [5.41, 5.74) is 3.20. The summed E-state index contributed by atoms with van der Waals surface area (Å²) in [5.74, 6) is 0.